The Morgan fingerprint density at radius 1 is 1.00 bits per heavy atom. The molecule has 0 bridgehead atoms. The maximum Gasteiger partial charge on any atom is 0.345 e. The maximum atomic E-state index is 11.4. The van der Waals surface area contributed by atoms with Crippen molar-refractivity contribution < 1.29 is 24.1 Å². The first kappa shape index (κ1) is 15.7. The zero-order valence-electron chi connectivity index (χ0n) is 12.5. The van der Waals surface area contributed by atoms with Gasteiger partial charge in [0.05, 0.1) is 14.2 Å². The van der Waals surface area contributed by atoms with Crippen LogP contribution >= 0.6 is 0 Å². The molecule has 0 heterocycles. The monoisotopic (exact) mass is 302 g/mol. The van der Waals surface area contributed by atoms with Crippen LogP contribution in [-0.2, 0) is 11.2 Å². The van der Waals surface area contributed by atoms with E-state index in [-0.39, 0.29) is 6.42 Å². The second-order valence-corrected chi connectivity index (χ2v) is 4.65. The van der Waals surface area contributed by atoms with Gasteiger partial charge in [0.1, 0.15) is 5.75 Å². The van der Waals surface area contributed by atoms with Crippen molar-refractivity contribution in [3.05, 3.63) is 54.1 Å². The Balaban J connectivity index is 2.14. The molecule has 2 aromatic rings. The minimum Gasteiger partial charge on any atom is -0.497 e. The fraction of sp³-hybridized carbons (Fsp3) is 0.235. The fourth-order valence-corrected chi connectivity index (χ4v) is 2.02. The van der Waals surface area contributed by atoms with E-state index >= 15 is 0 Å². The number of para-hydroxylation sites is 2. The summed E-state index contributed by atoms with van der Waals surface area (Å²) in [7, 11) is 3.10. The summed E-state index contributed by atoms with van der Waals surface area (Å²) in [6.45, 7) is 0. The fourth-order valence-electron chi connectivity index (χ4n) is 2.02. The molecule has 1 unspecified atom stereocenters. The average Bonchev–Trinajstić information content (AvgIpc) is 2.55. The molecule has 1 atom stereocenters. The Bertz CT molecular complexity index is 621. The van der Waals surface area contributed by atoms with Crippen molar-refractivity contribution in [3.63, 3.8) is 0 Å². The first-order chi connectivity index (χ1) is 10.6. The largest absolute Gasteiger partial charge is 0.497 e. The standard InChI is InChI=1S/C17H18O5/c1-20-13-9-7-12(8-10-13)11-16(17(18)19)22-15-6-4-3-5-14(15)21-2/h3-10,16H,11H2,1-2H3,(H,18,19). The SMILES string of the molecule is COc1ccc(CC(Oc2ccccc2OC)C(=O)O)cc1. The molecule has 0 aromatic heterocycles. The Hall–Kier alpha value is -2.69. The first-order valence-electron chi connectivity index (χ1n) is 6.79. The van der Waals surface area contributed by atoms with Crippen LogP contribution < -0.4 is 14.2 Å². The molecule has 0 aliphatic rings. The number of hydrogen-bond donors (Lipinski definition) is 1. The lowest BCUT2D eigenvalue weighted by Gasteiger charge is -2.17. The maximum absolute atomic E-state index is 11.4. The highest BCUT2D eigenvalue weighted by atomic mass is 16.5. The van der Waals surface area contributed by atoms with E-state index in [2.05, 4.69) is 0 Å². The number of benzene rings is 2. The third-order valence-electron chi connectivity index (χ3n) is 3.19. The van der Waals surface area contributed by atoms with Crippen molar-refractivity contribution in [2.75, 3.05) is 14.2 Å². The van der Waals surface area contributed by atoms with E-state index in [0.29, 0.717) is 11.5 Å². The molecule has 0 saturated carbocycles. The minimum atomic E-state index is -1.03. The summed E-state index contributed by atoms with van der Waals surface area (Å²) in [6.07, 6.45) is -0.748. The highest BCUT2D eigenvalue weighted by Gasteiger charge is 2.21. The van der Waals surface area contributed by atoms with Crippen LogP contribution in [0.1, 0.15) is 5.56 Å². The second-order valence-electron chi connectivity index (χ2n) is 4.65. The van der Waals surface area contributed by atoms with Crippen LogP contribution in [0.3, 0.4) is 0 Å². The lowest BCUT2D eigenvalue weighted by atomic mass is 10.1. The zero-order valence-corrected chi connectivity index (χ0v) is 12.5. The molecule has 0 saturated heterocycles. The van der Waals surface area contributed by atoms with E-state index in [1.807, 2.05) is 12.1 Å². The molecular formula is C17H18O5. The van der Waals surface area contributed by atoms with Gasteiger partial charge < -0.3 is 19.3 Å². The highest BCUT2D eigenvalue weighted by Crippen LogP contribution is 2.27. The number of aliphatic carboxylic acids is 1. The van der Waals surface area contributed by atoms with E-state index in [9.17, 15) is 9.90 Å². The first-order valence-corrected chi connectivity index (χ1v) is 6.79. The van der Waals surface area contributed by atoms with Gasteiger partial charge in [-0.3, -0.25) is 0 Å². The van der Waals surface area contributed by atoms with E-state index < -0.39 is 12.1 Å². The summed E-state index contributed by atoms with van der Waals surface area (Å²) in [4.78, 5) is 11.4. The van der Waals surface area contributed by atoms with Crippen LogP contribution in [0.5, 0.6) is 17.2 Å². The number of methoxy groups -OCH3 is 2. The molecule has 0 fully saturated rings. The van der Waals surface area contributed by atoms with E-state index in [1.165, 1.54) is 7.11 Å². The molecule has 2 aromatic carbocycles. The van der Waals surface area contributed by atoms with Crippen LogP contribution in [0.4, 0.5) is 0 Å². The van der Waals surface area contributed by atoms with Gasteiger partial charge in [0.2, 0.25) is 0 Å². The molecule has 2 rings (SSSR count). The number of carbonyl (C=O) groups is 1. The van der Waals surface area contributed by atoms with Gasteiger partial charge in [-0.1, -0.05) is 24.3 Å². The van der Waals surface area contributed by atoms with Gasteiger partial charge in [0.25, 0.3) is 0 Å². The molecule has 22 heavy (non-hydrogen) atoms. The van der Waals surface area contributed by atoms with Crippen molar-refractivity contribution in [2.24, 2.45) is 0 Å². The van der Waals surface area contributed by atoms with Crippen molar-refractivity contribution in [2.45, 2.75) is 12.5 Å². The predicted molar refractivity (Wildman–Crippen MR) is 81.7 cm³/mol. The van der Waals surface area contributed by atoms with Crippen LogP contribution in [0.25, 0.3) is 0 Å². The van der Waals surface area contributed by atoms with E-state index in [1.54, 1.807) is 43.5 Å². The quantitative estimate of drug-likeness (QED) is 0.852. The Morgan fingerprint density at radius 2 is 1.64 bits per heavy atom. The molecular weight excluding hydrogens is 284 g/mol. The zero-order chi connectivity index (χ0) is 15.9. The molecule has 116 valence electrons. The molecule has 0 radical (unpaired) electrons. The summed E-state index contributed by atoms with van der Waals surface area (Å²) in [5.74, 6) is 0.609. The van der Waals surface area contributed by atoms with Gasteiger partial charge >= 0.3 is 5.97 Å². The number of carboxylic acids is 1. The normalized spacial score (nSPS) is 11.5. The van der Waals surface area contributed by atoms with Crippen molar-refractivity contribution in [1.29, 1.82) is 0 Å². The molecule has 0 amide bonds. The van der Waals surface area contributed by atoms with Crippen LogP contribution in [-0.4, -0.2) is 31.4 Å². The van der Waals surface area contributed by atoms with Gasteiger partial charge in [0, 0.05) is 6.42 Å². The number of rotatable bonds is 7. The summed E-state index contributed by atoms with van der Waals surface area (Å²) in [5, 5.41) is 9.37. The molecule has 0 aliphatic heterocycles. The number of ether oxygens (including phenoxy) is 3. The molecule has 0 aliphatic carbocycles. The summed E-state index contributed by atoms with van der Waals surface area (Å²) >= 11 is 0. The Kier molecular flexibility index (Phi) is 5.25. The Labute approximate surface area is 129 Å². The molecule has 0 spiro atoms. The van der Waals surface area contributed by atoms with Gasteiger partial charge in [-0.15, -0.1) is 0 Å². The van der Waals surface area contributed by atoms with Gasteiger partial charge in [0.15, 0.2) is 17.6 Å². The summed E-state index contributed by atoms with van der Waals surface area (Å²) in [5.41, 5.74) is 0.850. The summed E-state index contributed by atoms with van der Waals surface area (Å²) in [6, 6.07) is 14.2. The smallest absolute Gasteiger partial charge is 0.345 e. The minimum absolute atomic E-state index is 0.247. The van der Waals surface area contributed by atoms with Crippen LogP contribution in [0.15, 0.2) is 48.5 Å². The van der Waals surface area contributed by atoms with Gasteiger partial charge in [-0.25, -0.2) is 4.79 Å². The molecule has 1 N–H and O–H groups in total. The third kappa shape index (κ3) is 3.91. The second kappa shape index (κ2) is 7.36. The van der Waals surface area contributed by atoms with Crippen molar-refractivity contribution >= 4 is 5.97 Å². The lowest BCUT2D eigenvalue weighted by molar-refractivity contribution is -0.145. The van der Waals surface area contributed by atoms with Gasteiger partial charge in [-0.05, 0) is 29.8 Å². The predicted octanol–water partition coefficient (Wildman–Crippen LogP) is 2.78. The average molecular weight is 302 g/mol. The molecule has 5 heteroatoms. The van der Waals surface area contributed by atoms with Crippen LogP contribution in [0.2, 0.25) is 0 Å². The van der Waals surface area contributed by atoms with Crippen molar-refractivity contribution in [3.8, 4) is 17.2 Å². The van der Waals surface area contributed by atoms with Crippen LogP contribution in [0, 0.1) is 0 Å². The van der Waals surface area contributed by atoms with Crippen molar-refractivity contribution in [1.82, 2.24) is 0 Å². The van der Waals surface area contributed by atoms with Gasteiger partial charge in [-0.2, -0.15) is 0 Å². The van der Waals surface area contributed by atoms with E-state index in [0.717, 1.165) is 11.3 Å². The van der Waals surface area contributed by atoms with E-state index in [4.69, 9.17) is 14.2 Å². The Morgan fingerprint density at radius 3 is 2.18 bits per heavy atom. The lowest BCUT2D eigenvalue weighted by Crippen LogP contribution is -2.29. The third-order valence-corrected chi connectivity index (χ3v) is 3.19. The topological polar surface area (TPSA) is 65.0 Å². The molecule has 5 nitrogen and oxygen atoms in total. The number of hydrogen-bond acceptors (Lipinski definition) is 4. The highest BCUT2D eigenvalue weighted by molar-refractivity contribution is 5.73. The number of carboxylic acid groups (broad SMARTS) is 1. The summed E-state index contributed by atoms with van der Waals surface area (Å²) < 4.78 is 15.9.